The van der Waals surface area contributed by atoms with Crippen molar-refractivity contribution < 1.29 is 14.6 Å². The number of hydrogen-bond acceptors (Lipinski definition) is 4. The smallest absolute Gasteiger partial charge is 0.355 e. The zero-order valence-corrected chi connectivity index (χ0v) is 11.2. The van der Waals surface area contributed by atoms with Gasteiger partial charge in [-0.3, -0.25) is 0 Å². The van der Waals surface area contributed by atoms with Crippen LogP contribution in [0.2, 0.25) is 0 Å². The lowest BCUT2D eigenvalue weighted by molar-refractivity contribution is 0.0691. The molecule has 2 aromatic rings. The van der Waals surface area contributed by atoms with E-state index in [9.17, 15) is 4.79 Å². The molecular weight excluding hydrogens is 306 g/mol. The van der Waals surface area contributed by atoms with Gasteiger partial charge in [0, 0.05) is 9.85 Å². The fourth-order valence-electron chi connectivity index (χ4n) is 1.34. The van der Waals surface area contributed by atoms with E-state index in [1.165, 1.54) is 16.7 Å². The molecule has 0 atom stereocenters. The molecule has 0 spiro atoms. The highest BCUT2D eigenvalue weighted by molar-refractivity contribution is 9.10. The number of ether oxygens (including phenoxy) is 1. The summed E-state index contributed by atoms with van der Waals surface area (Å²) in [5.41, 5.74) is 0.825. The van der Waals surface area contributed by atoms with Crippen LogP contribution in [0.5, 0.6) is 5.75 Å². The standard InChI is InChI=1S/C11H8BrNO3S/c1-16-9-3-2-6(12)4-7(9)10-13-8(5-17-10)11(14)15/h2-5H,1H3,(H,14,15). The number of rotatable bonds is 3. The van der Waals surface area contributed by atoms with E-state index in [0.29, 0.717) is 10.8 Å². The van der Waals surface area contributed by atoms with Crippen LogP contribution in [0.4, 0.5) is 0 Å². The Labute approximate surface area is 110 Å². The number of aromatic nitrogens is 1. The topological polar surface area (TPSA) is 59.4 Å². The van der Waals surface area contributed by atoms with Gasteiger partial charge in [-0.15, -0.1) is 11.3 Å². The summed E-state index contributed by atoms with van der Waals surface area (Å²) >= 11 is 4.64. The maximum atomic E-state index is 10.8. The van der Waals surface area contributed by atoms with E-state index in [1.54, 1.807) is 13.2 Å². The SMILES string of the molecule is COc1ccc(Br)cc1-c1nc(C(=O)O)cs1. The summed E-state index contributed by atoms with van der Waals surface area (Å²) in [6.45, 7) is 0. The van der Waals surface area contributed by atoms with Crippen molar-refractivity contribution in [3.8, 4) is 16.3 Å². The van der Waals surface area contributed by atoms with E-state index >= 15 is 0 Å². The minimum Gasteiger partial charge on any atom is -0.496 e. The van der Waals surface area contributed by atoms with Gasteiger partial charge in [0.15, 0.2) is 5.69 Å². The zero-order valence-electron chi connectivity index (χ0n) is 8.81. The molecule has 4 nitrogen and oxygen atoms in total. The molecule has 1 N–H and O–H groups in total. The molecule has 0 amide bonds. The Morgan fingerprint density at radius 1 is 1.53 bits per heavy atom. The molecule has 0 aliphatic rings. The molecular formula is C11H8BrNO3S. The Kier molecular flexibility index (Phi) is 3.44. The van der Waals surface area contributed by atoms with Gasteiger partial charge in [-0.05, 0) is 18.2 Å². The number of carbonyl (C=O) groups is 1. The summed E-state index contributed by atoms with van der Waals surface area (Å²) in [4.78, 5) is 14.8. The zero-order chi connectivity index (χ0) is 12.4. The minimum atomic E-state index is -1.03. The van der Waals surface area contributed by atoms with Crippen LogP contribution in [0.3, 0.4) is 0 Å². The molecule has 0 bridgehead atoms. The van der Waals surface area contributed by atoms with E-state index in [-0.39, 0.29) is 5.69 Å². The molecule has 0 saturated heterocycles. The predicted octanol–water partition coefficient (Wildman–Crippen LogP) is 3.28. The quantitative estimate of drug-likeness (QED) is 0.944. The largest absolute Gasteiger partial charge is 0.496 e. The van der Waals surface area contributed by atoms with E-state index in [2.05, 4.69) is 20.9 Å². The van der Waals surface area contributed by atoms with E-state index in [1.807, 2.05) is 12.1 Å². The minimum absolute atomic E-state index is 0.0482. The van der Waals surface area contributed by atoms with Crippen molar-refractivity contribution in [1.82, 2.24) is 4.98 Å². The molecule has 0 aliphatic heterocycles. The Morgan fingerprint density at radius 2 is 2.29 bits per heavy atom. The van der Waals surface area contributed by atoms with E-state index in [4.69, 9.17) is 9.84 Å². The molecule has 1 heterocycles. The van der Waals surface area contributed by atoms with Gasteiger partial charge < -0.3 is 9.84 Å². The van der Waals surface area contributed by atoms with E-state index in [0.717, 1.165) is 10.0 Å². The number of nitrogens with zero attached hydrogens (tertiary/aromatic N) is 1. The Hall–Kier alpha value is -1.40. The molecule has 1 aromatic carbocycles. The van der Waals surface area contributed by atoms with Crippen molar-refractivity contribution in [2.24, 2.45) is 0 Å². The number of hydrogen-bond donors (Lipinski definition) is 1. The maximum absolute atomic E-state index is 10.8. The molecule has 6 heteroatoms. The predicted molar refractivity (Wildman–Crippen MR) is 68.8 cm³/mol. The van der Waals surface area contributed by atoms with Gasteiger partial charge in [0.2, 0.25) is 0 Å². The Morgan fingerprint density at radius 3 is 2.88 bits per heavy atom. The number of carboxylic acid groups (broad SMARTS) is 1. The highest BCUT2D eigenvalue weighted by atomic mass is 79.9. The first-order chi connectivity index (χ1) is 8.11. The van der Waals surface area contributed by atoms with Gasteiger partial charge in [0.1, 0.15) is 10.8 Å². The molecule has 0 aliphatic carbocycles. The Bertz CT molecular complexity index is 568. The first kappa shape index (κ1) is 12.1. The van der Waals surface area contributed by atoms with Gasteiger partial charge in [-0.1, -0.05) is 15.9 Å². The lowest BCUT2D eigenvalue weighted by Crippen LogP contribution is -1.96. The van der Waals surface area contributed by atoms with Gasteiger partial charge in [0.05, 0.1) is 12.7 Å². The molecule has 0 radical (unpaired) electrons. The molecule has 2 rings (SSSR count). The average Bonchev–Trinajstić information content (AvgIpc) is 2.78. The summed E-state index contributed by atoms with van der Waals surface area (Å²) in [5, 5.41) is 11.0. The number of halogens is 1. The lowest BCUT2D eigenvalue weighted by Gasteiger charge is -2.05. The van der Waals surface area contributed by atoms with Crippen LogP contribution in [0.1, 0.15) is 10.5 Å². The summed E-state index contributed by atoms with van der Waals surface area (Å²) in [7, 11) is 1.57. The van der Waals surface area contributed by atoms with Crippen molar-refractivity contribution in [1.29, 1.82) is 0 Å². The highest BCUT2D eigenvalue weighted by Crippen LogP contribution is 2.34. The summed E-state index contributed by atoms with van der Waals surface area (Å²) in [6, 6.07) is 5.51. The average molecular weight is 314 g/mol. The van der Waals surface area contributed by atoms with Crippen molar-refractivity contribution in [3.05, 3.63) is 33.7 Å². The molecule has 17 heavy (non-hydrogen) atoms. The number of carboxylic acids is 1. The van der Waals surface area contributed by atoms with Crippen molar-refractivity contribution in [3.63, 3.8) is 0 Å². The second-order valence-electron chi connectivity index (χ2n) is 3.19. The third-order valence-electron chi connectivity index (χ3n) is 2.12. The van der Waals surface area contributed by atoms with Crippen LogP contribution in [-0.4, -0.2) is 23.2 Å². The van der Waals surface area contributed by atoms with Crippen molar-refractivity contribution in [2.75, 3.05) is 7.11 Å². The highest BCUT2D eigenvalue weighted by Gasteiger charge is 2.13. The first-order valence-corrected chi connectivity index (χ1v) is 6.32. The number of methoxy groups -OCH3 is 1. The summed E-state index contributed by atoms with van der Waals surface area (Å²) in [5.74, 6) is -0.360. The molecule has 0 fully saturated rings. The van der Waals surface area contributed by atoms with Crippen LogP contribution in [0.15, 0.2) is 28.1 Å². The maximum Gasteiger partial charge on any atom is 0.355 e. The van der Waals surface area contributed by atoms with Crippen LogP contribution in [0.25, 0.3) is 10.6 Å². The summed E-state index contributed by atoms with van der Waals surface area (Å²) < 4.78 is 6.11. The van der Waals surface area contributed by atoms with E-state index < -0.39 is 5.97 Å². The monoisotopic (exact) mass is 313 g/mol. The number of benzene rings is 1. The van der Waals surface area contributed by atoms with Crippen LogP contribution < -0.4 is 4.74 Å². The molecule has 1 aromatic heterocycles. The first-order valence-electron chi connectivity index (χ1n) is 4.64. The second kappa shape index (κ2) is 4.85. The summed E-state index contributed by atoms with van der Waals surface area (Å²) in [6.07, 6.45) is 0. The van der Waals surface area contributed by atoms with Crippen LogP contribution in [-0.2, 0) is 0 Å². The van der Waals surface area contributed by atoms with Gasteiger partial charge in [-0.25, -0.2) is 9.78 Å². The second-order valence-corrected chi connectivity index (χ2v) is 4.96. The fourth-order valence-corrected chi connectivity index (χ4v) is 2.52. The number of thiazole rings is 1. The lowest BCUT2D eigenvalue weighted by atomic mass is 10.2. The molecule has 0 unspecified atom stereocenters. The third kappa shape index (κ3) is 2.48. The van der Waals surface area contributed by atoms with Crippen LogP contribution >= 0.6 is 27.3 Å². The normalized spacial score (nSPS) is 10.2. The van der Waals surface area contributed by atoms with Crippen molar-refractivity contribution in [2.45, 2.75) is 0 Å². The number of aromatic carboxylic acids is 1. The third-order valence-corrected chi connectivity index (χ3v) is 3.48. The Balaban J connectivity index is 2.51. The molecule has 0 saturated carbocycles. The fraction of sp³-hybridized carbons (Fsp3) is 0.0909. The van der Waals surface area contributed by atoms with Gasteiger partial charge in [-0.2, -0.15) is 0 Å². The van der Waals surface area contributed by atoms with Gasteiger partial charge in [0.25, 0.3) is 0 Å². The van der Waals surface area contributed by atoms with Gasteiger partial charge >= 0.3 is 5.97 Å². The van der Waals surface area contributed by atoms with Crippen molar-refractivity contribution >= 4 is 33.2 Å². The van der Waals surface area contributed by atoms with Crippen LogP contribution in [0, 0.1) is 0 Å². The molecule has 88 valence electrons.